The Balaban J connectivity index is 6.25. The highest BCUT2D eigenvalue weighted by atomic mass is 16.4. The molecule has 0 saturated carbocycles. The Morgan fingerprint density at radius 3 is 1.34 bits per heavy atom. The molecular formula is C15H20O14. The molecule has 29 heavy (non-hydrogen) atoms. The lowest BCUT2D eigenvalue weighted by Gasteiger charge is -2.35. The van der Waals surface area contributed by atoms with Crippen LogP contribution in [0.15, 0.2) is 0 Å². The summed E-state index contributed by atoms with van der Waals surface area (Å²) in [6, 6.07) is 0. The number of hydrogen-bond acceptors (Lipinski definition) is 8. The number of rotatable bonds is 13. The first-order chi connectivity index (χ1) is 13.0. The summed E-state index contributed by atoms with van der Waals surface area (Å²) in [7, 11) is 0. The topological polar surface area (TPSA) is 264 Å². The van der Waals surface area contributed by atoms with Gasteiger partial charge in [0, 0.05) is 0 Å². The number of carbonyl (C=O) groups is 6. The maximum absolute atomic E-state index is 11.5. The predicted octanol–water partition coefficient (Wildman–Crippen LogP) is -2.00. The van der Waals surface area contributed by atoms with E-state index < -0.39 is 84.0 Å². The third kappa shape index (κ3) is 5.86. The summed E-state index contributed by atoms with van der Waals surface area (Å²) < 4.78 is 0. The number of carboxylic acids is 6. The number of hydrogen-bond donors (Lipinski definition) is 8. The number of carboxylic acid groups (broad SMARTS) is 6. The quantitative estimate of drug-likeness (QED) is 0.159. The lowest BCUT2D eigenvalue weighted by Crippen LogP contribution is -2.55. The average Bonchev–Trinajstić information content (AvgIpc) is 2.49. The predicted molar refractivity (Wildman–Crippen MR) is 85.7 cm³/mol. The van der Waals surface area contributed by atoms with Gasteiger partial charge in [-0.15, -0.1) is 0 Å². The van der Waals surface area contributed by atoms with Crippen molar-refractivity contribution in [3.05, 3.63) is 0 Å². The highest BCUT2D eigenvalue weighted by Gasteiger charge is 2.56. The lowest BCUT2D eigenvalue weighted by molar-refractivity contribution is -0.187. The first kappa shape index (κ1) is 25.7. The molecule has 0 radical (unpaired) electrons. The zero-order valence-electron chi connectivity index (χ0n) is 14.9. The highest BCUT2D eigenvalue weighted by Crippen LogP contribution is 2.37. The van der Waals surface area contributed by atoms with Gasteiger partial charge >= 0.3 is 35.8 Å². The van der Waals surface area contributed by atoms with Crippen molar-refractivity contribution in [1.82, 2.24) is 0 Å². The van der Waals surface area contributed by atoms with Crippen LogP contribution in [0.25, 0.3) is 0 Å². The zero-order valence-corrected chi connectivity index (χ0v) is 14.9. The third-order valence-corrected chi connectivity index (χ3v) is 4.41. The van der Waals surface area contributed by atoms with Crippen LogP contribution >= 0.6 is 0 Å². The molecule has 0 aromatic carbocycles. The average molecular weight is 424 g/mol. The summed E-state index contributed by atoms with van der Waals surface area (Å²) in [6.45, 7) is 0.882. The minimum absolute atomic E-state index is 0.882. The van der Waals surface area contributed by atoms with Crippen LogP contribution in [0, 0.1) is 17.8 Å². The largest absolute Gasteiger partial charge is 0.481 e. The Morgan fingerprint density at radius 2 is 1.07 bits per heavy atom. The summed E-state index contributed by atoms with van der Waals surface area (Å²) >= 11 is 0. The minimum atomic E-state index is -3.41. The van der Waals surface area contributed by atoms with E-state index in [2.05, 4.69) is 0 Å². The van der Waals surface area contributed by atoms with Gasteiger partial charge in [0.2, 0.25) is 0 Å². The zero-order chi connectivity index (χ0) is 23.3. The van der Waals surface area contributed by atoms with E-state index in [1.807, 2.05) is 0 Å². The molecule has 0 aliphatic rings. The van der Waals surface area contributed by atoms with Crippen molar-refractivity contribution in [3.8, 4) is 0 Å². The second kappa shape index (κ2) is 9.29. The fourth-order valence-corrected chi connectivity index (χ4v) is 3.05. The van der Waals surface area contributed by atoms with E-state index in [0.717, 1.165) is 6.92 Å². The van der Waals surface area contributed by atoms with Gasteiger partial charge < -0.3 is 40.9 Å². The third-order valence-electron chi connectivity index (χ3n) is 4.41. The van der Waals surface area contributed by atoms with Gasteiger partial charge in [-0.3, -0.25) is 19.2 Å². The molecule has 0 fully saturated rings. The molecular weight excluding hydrogens is 404 g/mol. The summed E-state index contributed by atoms with van der Waals surface area (Å²) in [5, 5.41) is 74.7. The van der Waals surface area contributed by atoms with Gasteiger partial charge in [-0.2, -0.15) is 0 Å². The molecule has 0 aliphatic heterocycles. The van der Waals surface area contributed by atoms with Crippen LogP contribution < -0.4 is 0 Å². The highest BCUT2D eigenvalue weighted by molar-refractivity contribution is 5.91. The van der Waals surface area contributed by atoms with Gasteiger partial charge in [0.1, 0.15) is 0 Å². The van der Waals surface area contributed by atoms with Gasteiger partial charge in [0.15, 0.2) is 11.2 Å². The molecule has 0 amide bonds. The van der Waals surface area contributed by atoms with Crippen LogP contribution in [0.3, 0.4) is 0 Å². The Morgan fingerprint density at radius 1 is 0.690 bits per heavy atom. The van der Waals surface area contributed by atoms with Crippen molar-refractivity contribution in [2.24, 2.45) is 17.8 Å². The standard InChI is InChI=1S/C15H20O14/c1-5(9(11(22)23)15(29,13(26)27)4-8(18)19)2-6(10(20)21)14(28,12(24)25)3-7(16)17/h5-6,9,28-29H,2-4H2,1H3,(H,16,17)(H,18,19)(H,20,21)(H,22,23)(H,24,25)(H,26,27). The molecule has 0 rings (SSSR count). The van der Waals surface area contributed by atoms with E-state index in [0.29, 0.717) is 0 Å². The van der Waals surface area contributed by atoms with Gasteiger partial charge in [0.25, 0.3) is 0 Å². The smallest absolute Gasteiger partial charge is 0.337 e. The fourth-order valence-electron chi connectivity index (χ4n) is 3.05. The van der Waals surface area contributed by atoms with E-state index in [9.17, 15) is 49.2 Å². The van der Waals surface area contributed by atoms with E-state index in [1.165, 1.54) is 0 Å². The molecule has 0 aromatic rings. The molecule has 14 nitrogen and oxygen atoms in total. The Bertz CT molecular complexity index is 714. The monoisotopic (exact) mass is 424 g/mol. The maximum Gasteiger partial charge on any atom is 0.337 e. The molecule has 5 atom stereocenters. The van der Waals surface area contributed by atoms with E-state index in [4.69, 9.17) is 20.4 Å². The van der Waals surface area contributed by atoms with Crippen LogP contribution in [0.2, 0.25) is 0 Å². The van der Waals surface area contributed by atoms with Gasteiger partial charge in [0.05, 0.1) is 24.7 Å². The number of aliphatic carboxylic acids is 6. The van der Waals surface area contributed by atoms with Crippen molar-refractivity contribution in [2.45, 2.75) is 37.4 Å². The molecule has 5 unspecified atom stereocenters. The van der Waals surface area contributed by atoms with Gasteiger partial charge in [-0.05, 0) is 12.3 Å². The summed E-state index contributed by atoms with van der Waals surface area (Å²) in [6.07, 6.45) is -4.28. The summed E-state index contributed by atoms with van der Waals surface area (Å²) in [4.78, 5) is 67.4. The molecule has 0 heterocycles. The summed E-state index contributed by atoms with van der Waals surface area (Å²) in [5.74, 6) is -19.0. The molecule has 0 aromatic heterocycles. The fraction of sp³-hybridized carbons (Fsp3) is 0.600. The molecule has 14 heteroatoms. The maximum atomic E-state index is 11.5. The van der Waals surface area contributed by atoms with Crippen molar-refractivity contribution in [3.63, 3.8) is 0 Å². The second-order valence-corrected chi connectivity index (χ2v) is 6.52. The van der Waals surface area contributed by atoms with E-state index in [1.54, 1.807) is 0 Å². The van der Waals surface area contributed by atoms with Crippen molar-refractivity contribution >= 4 is 35.8 Å². The minimum Gasteiger partial charge on any atom is -0.481 e. The normalized spacial score (nSPS) is 18.3. The molecule has 0 aliphatic carbocycles. The van der Waals surface area contributed by atoms with Crippen LogP contribution in [0.1, 0.15) is 26.2 Å². The summed E-state index contributed by atoms with van der Waals surface area (Å²) in [5.41, 5.74) is -6.81. The van der Waals surface area contributed by atoms with Crippen molar-refractivity contribution in [2.75, 3.05) is 0 Å². The lowest BCUT2D eigenvalue weighted by atomic mass is 9.70. The molecule has 0 bridgehead atoms. The molecule has 0 spiro atoms. The second-order valence-electron chi connectivity index (χ2n) is 6.52. The molecule has 164 valence electrons. The molecule has 8 N–H and O–H groups in total. The van der Waals surface area contributed by atoms with E-state index >= 15 is 0 Å². The number of aliphatic hydroxyl groups is 2. The van der Waals surface area contributed by atoms with Crippen molar-refractivity contribution < 1.29 is 69.6 Å². The Hall–Kier alpha value is -3.26. The van der Waals surface area contributed by atoms with Crippen LogP contribution in [-0.4, -0.2) is 87.9 Å². The van der Waals surface area contributed by atoms with Crippen LogP contribution in [0.5, 0.6) is 0 Å². The van der Waals surface area contributed by atoms with Crippen LogP contribution in [-0.2, 0) is 28.8 Å². The van der Waals surface area contributed by atoms with Gasteiger partial charge in [-0.1, -0.05) is 6.92 Å². The first-order valence-electron chi connectivity index (χ1n) is 7.81. The van der Waals surface area contributed by atoms with Crippen molar-refractivity contribution in [1.29, 1.82) is 0 Å². The Kier molecular flexibility index (Phi) is 8.25. The Labute approximate surface area is 161 Å². The molecule has 0 saturated heterocycles. The first-order valence-corrected chi connectivity index (χ1v) is 7.81. The van der Waals surface area contributed by atoms with E-state index in [-0.39, 0.29) is 0 Å². The van der Waals surface area contributed by atoms with Crippen LogP contribution in [0.4, 0.5) is 0 Å². The van der Waals surface area contributed by atoms with Gasteiger partial charge in [-0.25, -0.2) is 9.59 Å². The SMILES string of the molecule is CC(CC(C(=O)O)C(O)(CC(=O)O)C(=O)O)C(C(=O)O)C(O)(CC(=O)O)C(=O)O.